The molecule has 5 nitrogen and oxygen atoms in total. The number of aromatic nitrogens is 1. The van der Waals surface area contributed by atoms with Gasteiger partial charge >= 0.3 is 0 Å². The smallest absolute Gasteiger partial charge is 0.224 e. The van der Waals surface area contributed by atoms with E-state index in [2.05, 4.69) is 9.88 Å². The van der Waals surface area contributed by atoms with Crippen molar-refractivity contribution in [2.24, 2.45) is 0 Å². The zero-order valence-electron chi connectivity index (χ0n) is 16.7. The van der Waals surface area contributed by atoms with E-state index in [4.69, 9.17) is 4.74 Å². The Labute approximate surface area is 164 Å². The Balaban J connectivity index is 1.91. The third-order valence-corrected chi connectivity index (χ3v) is 5.27. The van der Waals surface area contributed by atoms with Crippen LogP contribution in [-0.2, 0) is 28.9 Å². The number of ketones is 1. The molecule has 0 saturated carbocycles. The number of benzene rings is 1. The first kappa shape index (κ1) is 20.3. The maximum atomic E-state index is 13.2. The Bertz CT molecular complexity index is 871. The summed E-state index contributed by atoms with van der Waals surface area (Å²) < 4.78 is 20.4. The Hall–Kier alpha value is -2.47. The molecule has 1 unspecified atom stereocenters. The molecule has 0 spiro atoms. The van der Waals surface area contributed by atoms with Gasteiger partial charge in [0, 0.05) is 43.1 Å². The van der Waals surface area contributed by atoms with Crippen LogP contribution < -0.4 is 5.32 Å². The Morgan fingerprint density at radius 2 is 2.00 bits per heavy atom. The quantitative estimate of drug-likeness (QED) is 0.795. The molecule has 1 aromatic heterocycles. The highest BCUT2D eigenvalue weighted by Gasteiger charge is 2.29. The van der Waals surface area contributed by atoms with Crippen molar-refractivity contribution >= 4 is 11.7 Å². The summed E-state index contributed by atoms with van der Waals surface area (Å²) in [5.74, 6) is -0.282. The molecule has 1 amide bonds. The van der Waals surface area contributed by atoms with Gasteiger partial charge in [-0.1, -0.05) is 12.1 Å². The fourth-order valence-electron chi connectivity index (χ4n) is 3.97. The van der Waals surface area contributed by atoms with Gasteiger partial charge in [-0.05, 0) is 49.9 Å². The first-order valence-electron chi connectivity index (χ1n) is 9.67. The van der Waals surface area contributed by atoms with Gasteiger partial charge in [-0.15, -0.1) is 0 Å². The predicted molar refractivity (Wildman–Crippen MR) is 105 cm³/mol. The van der Waals surface area contributed by atoms with E-state index < -0.39 is 0 Å². The average molecular weight is 386 g/mol. The molecule has 0 saturated heterocycles. The maximum Gasteiger partial charge on any atom is 0.224 e. The first-order valence-corrected chi connectivity index (χ1v) is 9.67. The van der Waals surface area contributed by atoms with Crippen molar-refractivity contribution in [3.63, 3.8) is 0 Å². The number of carbonyl (C=O) groups is 2. The lowest BCUT2D eigenvalue weighted by Crippen LogP contribution is -2.36. The van der Waals surface area contributed by atoms with Gasteiger partial charge in [0.25, 0.3) is 0 Å². The molecule has 1 atom stereocenters. The monoisotopic (exact) mass is 386 g/mol. The number of halogens is 1. The second kappa shape index (κ2) is 8.69. The average Bonchev–Trinajstić information content (AvgIpc) is 2.90. The molecule has 1 aliphatic rings. The van der Waals surface area contributed by atoms with E-state index in [1.54, 1.807) is 19.2 Å². The van der Waals surface area contributed by atoms with Gasteiger partial charge in [-0.25, -0.2) is 4.39 Å². The standard InChI is InChI=1S/C22H27FN2O3/c1-14(13-28-3)24-21(27)11-18-15(2)25(12-16-7-9-17(23)10-8-16)19-5-4-6-20(26)22(18)19/h7-10,14H,4-6,11-13H2,1-3H3,(H,24,27). The van der Waals surface area contributed by atoms with Crippen LogP contribution in [0.3, 0.4) is 0 Å². The van der Waals surface area contributed by atoms with E-state index >= 15 is 0 Å². The van der Waals surface area contributed by atoms with Gasteiger partial charge in [-0.3, -0.25) is 9.59 Å². The Kier molecular flexibility index (Phi) is 6.29. The van der Waals surface area contributed by atoms with Gasteiger partial charge < -0.3 is 14.6 Å². The van der Waals surface area contributed by atoms with Crippen molar-refractivity contribution in [3.8, 4) is 0 Å². The highest BCUT2D eigenvalue weighted by atomic mass is 19.1. The number of Topliss-reactive ketones (excluding diaryl/α,β-unsaturated/α-hetero) is 1. The summed E-state index contributed by atoms with van der Waals surface area (Å²) in [6, 6.07) is 6.30. The third kappa shape index (κ3) is 4.33. The van der Waals surface area contributed by atoms with Crippen molar-refractivity contribution in [2.75, 3.05) is 13.7 Å². The topological polar surface area (TPSA) is 60.3 Å². The van der Waals surface area contributed by atoms with Crippen LogP contribution in [0.25, 0.3) is 0 Å². The lowest BCUT2D eigenvalue weighted by atomic mass is 9.92. The number of nitrogens with one attached hydrogen (secondary N) is 1. The number of carbonyl (C=O) groups excluding carboxylic acids is 2. The van der Waals surface area contributed by atoms with Crippen molar-refractivity contribution < 1.29 is 18.7 Å². The molecule has 1 N–H and O–H groups in total. The number of amides is 1. The number of hydrogen-bond acceptors (Lipinski definition) is 3. The summed E-state index contributed by atoms with van der Waals surface area (Å²) in [6.45, 7) is 4.83. The highest BCUT2D eigenvalue weighted by Crippen LogP contribution is 2.31. The molecule has 2 aromatic rings. The summed E-state index contributed by atoms with van der Waals surface area (Å²) >= 11 is 0. The van der Waals surface area contributed by atoms with Gasteiger partial charge in [-0.2, -0.15) is 0 Å². The summed E-state index contributed by atoms with van der Waals surface area (Å²) in [5.41, 5.74) is 4.40. The van der Waals surface area contributed by atoms with Gasteiger partial charge in [0.2, 0.25) is 5.91 Å². The van der Waals surface area contributed by atoms with Crippen LogP contribution in [0.4, 0.5) is 4.39 Å². The van der Waals surface area contributed by atoms with Crippen molar-refractivity contribution in [1.82, 2.24) is 9.88 Å². The molecular weight excluding hydrogens is 359 g/mol. The lowest BCUT2D eigenvalue weighted by molar-refractivity contribution is -0.121. The molecule has 0 fully saturated rings. The number of rotatable bonds is 7. The Morgan fingerprint density at radius 3 is 2.68 bits per heavy atom. The van der Waals surface area contributed by atoms with Gasteiger partial charge in [0.15, 0.2) is 5.78 Å². The SMILES string of the molecule is COCC(C)NC(=O)Cc1c2c(n(Cc3ccc(F)cc3)c1C)CCCC2=O. The number of ether oxygens (including phenoxy) is 1. The minimum absolute atomic E-state index is 0.0920. The van der Waals surface area contributed by atoms with Crippen molar-refractivity contribution in [3.05, 3.63) is 58.2 Å². The van der Waals surface area contributed by atoms with E-state index in [1.807, 2.05) is 13.8 Å². The van der Waals surface area contributed by atoms with Crippen LogP contribution in [0, 0.1) is 12.7 Å². The summed E-state index contributed by atoms with van der Waals surface area (Å²) in [5, 5.41) is 2.92. The van der Waals surface area contributed by atoms with Crippen LogP contribution in [0.15, 0.2) is 24.3 Å². The fourth-order valence-corrected chi connectivity index (χ4v) is 3.97. The molecule has 28 heavy (non-hydrogen) atoms. The number of nitrogens with zero attached hydrogens (tertiary/aromatic N) is 1. The minimum Gasteiger partial charge on any atom is -0.383 e. The highest BCUT2D eigenvalue weighted by molar-refractivity contribution is 6.01. The third-order valence-electron chi connectivity index (χ3n) is 5.27. The van der Waals surface area contributed by atoms with Crippen LogP contribution in [0.1, 0.15) is 52.6 Å². The van der Waals surface area contributed by atoms with E-state index in [1.165, 1.54) is 12.1 Å². The number of fused-ring (bicyclic) bond motifs is 1. The zero-order valence-corrected chi connectivity index (χ0v) is 16.7. The van der Waals surface area contributed by atoms with E-state index in [-0.39, 0.29) is 30.0 Å². The molecule has 0 bridgehead atoms. The molecule has 3 rings (SSSR count). The predicted octanol–water partition coefficient (Wildman–Crippen LogP) is 3.20. The van der Waals surface area contributed by atoms with Crippen LogP contribution in [0.5, 0.6) is 0 Å². The molecule has 1 aliphatic carbocycles. The minimum atomic E-state index is -0.271. The molecule has 150 valence electrons. The summed E-state index contributed by atoms with van der Waals surface area (Å²) in [4.78, 5) is 25.2. The lowest BCUT2D eigenvalue weighted by Gasteiger charge is -2.16. The normalized spacial score (nSPS) is 14.6. The van der Waals surface area contributed by atoms with Crippen molar-refractivity contribution in [1.29, 1.82) is 0 Å². The van der Waals surface area contributed by atoms with Crippen LogP contribution >= 0.6 is 0 Å². The zero-order chi connectivity index (χ0) is 20.3. The summed E-state index contributed by atoms with van der Waals surface area (Å²) in [7, 11) is 1.59. The first-order chi connectivity index (χ1) is 13.4. The Morgan fingerprint density at radius 1 is 1.29 bits per heavy atom. The second-order valence-corrected chi connectivity index (χ2v) is 7.48. The number of methoxy groups -OCH3 is 1. The van der Waals surface area contributed by atoms with Crippen molar-refractivity contribution in [2.45, 2.75) is 52.1 Å². The van der Waals surface area contributed by atoms with Gasteiger partial charge in [0.05, 0.1) is 13.0 Å². The maximum absolute atomic E-state index is 13.2. The fraction of sp³-hybridized carbons (Fsp3) is 0.455. The van der Waals surface area contributed by atoms with E-state index in [0.29, 0.717) is 25.1 Å². The van der Waals surface area contributed by atoms with Gasteiger partial charge in [0.1, 0.15) is 5.82 Å². The van der Waals surface area contributed by atoms with E-state index in [0.717, 1.165) is 35.4 Å². The molecule has 1 heterocycles. The summed E-state index contributed by atoms with van der Waals surface area (Å²) in [6.07, 6.45) is 2.31. The van der Waals surface area contributed by atoms with Crippen LogP contribution in [-0.4, -0.2) is 36.0 Å². The molecule has 0 radical (unpaired) electrons. The molecular formula is C22H27FN2O3. The largest absolute Gasteiger partial charge is 0.383 e. The molecule has 6 heteroatoms. The second-order valence-electron chi connectivity index (χ2n) is 7.48. The molecule has 1 aromatic carbocycles. The molecule has 0 aliphatic heterocycles. The number of hydrogen-bond donors (Lipinski definition) is 1. The van der Waals surface area contributed by atoms with Crippen LogP contribution in [0.2, 0.25) is 0 Å². The van der Waals surface area contributed by atoms with E-state index in [9.17, 15) is 14.0 Å².